The highest BCUT2D eigenvalue weighted by Gasteiger charge is 2.41. The van der Waals surface area contributed by atoms with Crippen LogP contribution in [0.5, 0.6) is 5.75 Å². The van der Waals surface area contributed by atoms with E-state index in [1.165, 1.54) is 6.42 Å². The van der Waals surface area contributed by atoms with Crippen molar-refractivity contribution in [1.82, 2.24) is 0 Å². The summed E-state index contributed by atoms with van der Waals surface area (Å²) in [4.78, 5) is 0. The van der Waals surface area contributed by atoms with Gasteiger partial charge >= 0.3 is 6.11 Å². The van der Waals surface area contributed by atoms with Gasteiger partial charge in [0.15, 0.2) is 17.5 Å². The second-order valence-electron chi connectivity index (χ2n) is 8.47. The molecule has 1 aliphatic rings. The van der Waals surface area contributed by atoms with Crippen LogP contribution in [-0.2, 0) is 12.5 Å². The van der Waals surface area contributed by atoms with Crippen molar-refractivity contribution in [3.63, 3.8) is 0 Å². The van der Waals surface area contributed by atoms with Crippen LogP contribution in [0.1, 0.15) is 63.0 Å². The zero-order chi connectivity index (χ0) is 23.5. The predicted octanol–water partition coefficient (Wildman–Crippen LogP) is 8.05. The third-order valence-corrected chi connectivity index (χ3v) is 6.10. The summed E-state index contributed by atoms with van der Waals surface area (Å²) in [5.74, 6) is -8.40. The lowest BCUT2D eigenvalue weighted by Crippen LogP contribution is -2.25. The fourth-order valence-electron chi connectivity index (χ4n) is 4.43. The van der Waals surface area contributed by atoms with Gasteiger partial charge in [0.05, 0.1) is 0 Å². The van der Waals surface area contributed by atoms with Crippen LogP contribution in [-0.4, -0.2) is 0 Å². The van der Waals surface area contributed by atoms with Crippen LogP contribution < -0.4 is 4.74 Å². The number of rotatable bonds is 8. The average Bonchev–Trinajstić information content (AvgIpc) is 2.70. The van der Waals surface area contributed by atoms with Gasteiger partial charge in [-0.2, -0.15) is 8.78 Å². The minimum Gasteiger partial charge on any atom is -0.429 e. The fourth-order valence-corrected chi connectivity index (χ4v) is 4.43. The highest BCUT2D eigenvalue weighted by Crippen LogP contribution is 2.37. The molecule has 0 N–H and O–H groups in total. The molecule has 0 bridgehead atoms. The second-order valence-corrected chi connectivity index (χ2v) is 8.47. The van der Waals surface area contributed by atoms with Crippen molar-refractivity contribution in [1.29, 1.82) is 0 Å². The number of halogens is 7. The molecule has 0 spiro atoms. The Hall–Kier alpha value is -2.25. The lowest BCUT2D eigenvalue weighted by molar-refractivity contribution is -0.189. The molecule has 32 heavy (non-hydrogen) atoms. The first-order valence-corrected chi connectivity index (χ1v) is 10.8. The number of alkyl halides is 2. The molecular weight excluding hydrogens is 437 g/mol. The van der Waals surface area contributed by atoms with Crippen LogP contribution in [0.15, 0.2) is 24.3 Å². The van der Waals surface area contributed by atoms with E-state index in [2.05, 4.69) is 11.7 Å². The topological polar surface area (TPSA) is 9.23 Å². The van der Waals surface area contributed by atoms with E-state index in [1.807, 2.05) is 0 Å². The molecule has 0 heterocycles. The van der Waals surface area contributed by atoms with Gasteiger partial charge in [-0.05, 0) is 42.4 Å². The van der Waals surface area contributed by atoms with Crippen molar-refractivity contribution in [3.05, 3.63) is 64.5 Å². The monoisotopic (exact) mass is 462 g/mol. The zero-order valence-electron chi connectivity index (χ0n) is 17.7. The van der Waals surface area contributed by atoms with Crippen molar-refractivity contribution in [2.45, 2.75) is 64.4 Å². The molecule has 0 saturated heterocycles. The first-order chi connectivity index (χ1) is 15.1. The van der Waals surface area contributed by atoms with Crippen LogP contribution in [0, 0.1) is 40.9 Å². The summed E-state index contributed by atoms with van der Waals surface area (Å²) in [5, 5.41) is 0. The molecule has 8 heteroatoms. The molecular formula is C24H25F7O. The Labute approximate surface area is 182 Å². The maximum Gasteiger partial charge on any atom is 0.432 e. The summed E-state index contributed by atoms with van der Waals surface area (Å²) < 4.78 is 101. The van der Waals surface area contributed by atoms with Crippen LogP contribution >= 0.6 is 0 Å². The normalized spacial score (nSPS) is 19.2. The molecule has 2 aromatic rings. The van der Waals surface area contributed by atoms with Crippen molar-refractivity contribution >= 4 is 0 Å². The van der Waals surface area contributed by atoms with Gasteiger partial charge in [-0.25, -0.2) is 22.0 Å². The van der Waals surface area contributed by atoms with Crippen molar-refractivity contribution in [2.75, 3.05) is 0 Å². The molecule has 0 unspecified atom stereocenters. The number of hydrogen-bond acceptors (Lipinski definition) is 1. The first kappa shape index (κ1) is 24.4. The van der Waals surface area contributed by atoms with Gasteiger partial charge in [0.2, 0.25) is 0 Å². The summed E-state index contributed by atoms with van der Waals surface area (Å²) in [6.07, 6.45) is 3.20. The molecule has 0 aromatic heterocycles. The van der Waals surface area contributed by atoms with E-state index >= 15 is 0 Å². The fraction of sp³-hybridized carbons (Fsp3) is 0.500. The first-order valence-electron chi connectivity index (χ1n) is 10.8. The van der Waals surface area contributed by atoms with Gasteiger partial charge in [-0.3, -0.25) is 0 Å². The lowest BCUT2D eigenvalue weighted by Gasteiger charge is -2.28. The standard InChI is InChI=1S/C24H25F7O/c1-2-3-14-4-6-15(7-5-14)8-9-16-10-18(25)22(19(26)11-16)24(30,31)32-17-12-20(27)23(29)21(28)13-17/h10-15H,2-9H2,1H3. The molecule has 0 radical (unpaired) electrons. The number of ether oxygens (including phenoxy) is 1. The minimum absolute atomic E-state index is 0.172. The van der Waals surface area contributed by atoms with Crippen molar-refractivity contribution in [3.8, 4) is 5.75 Å². The van der Waals surface area contributed by atoms with E-state index in [9.17, 15) is 30.7 Å². The molecule has 0 amide bonds. The van der Waals surface area contributed by atoms with Gasteiger partial charge in [0.1, 0.15) is 22.9 Å². The maximum absolute atomic E-state index is 14.4. The number of hydrogen-bond donors (Lipinski definition) is 0. The second kappa shape index (κ2) is 10.1. The Morgan fingerprint density at radius 1 is 0.781 bits per heavy atom. The number of aryl methyl sites for hydroxylation is 1. The van der Waals surface area contributed by atoms with Crippen LogP contribution in [0.2, 0.25) is 0 Å². The van der Waals surface area contributed by atoms with Crippen molar-refractivity contribution in [2.24, 2.45) is 11.8 Å². The van der Waals surface area contributed by atoms with Crippen molar-refractivity contribution < 1.29 is 35.5 Å². The van der Waals surface area contributed by atoms with E-state index in [-0.39, 0.29) is 17.7 Å². The Morgan fingerprint density at radius 2 is 1.28 bits per heavy atom. The highest BCUT2D eigenvalue weighted by molar-refractivity contribution is 5.31. The molecule has 2 aromatic carbocycles. The predicted molar refractivity (Wildman–Crippen MR) is 106 cm³/mol. The SMILES string of the molecule is CCCC1CCC(CCc2cc(F)c(C(F)(F)Oc3cc(F)c(F)c(F)c3)c(F)c2)CC1. The van der Waals surface area contributed by atoms with E-state index in [4.69, 9.17) is 0 Å². The summed E-state index contributed by atoms with van der Waals surface area (Å²) in [6.45, 7) is 2.16. The third-order valence-electron chi connectivity index (χ3n) is 6.10. The lowest BCUT2D eigenvalue weighted by atomic mass is 9.78. The third kappa shape index (κ3) is 5.75. The minimum atomic E-state index is -4.57. The van der Waals surface area contributed by atoms with E-state index in [0.29, 0.717) is 18.8 Å². The summed E-state index contributed by atoms with van der Waals surface area (Å²) in [6, 6.07) is 1.99. The average molecular weight is 462 g/mol. The van der Waals surface area contributed by atoms with Crippen LogP contribution in [0.4, 0.5) is 30.7 Å². The Balaban J connectivity index is 1.68. The molecule has 0 aliphatic heterocycles. The molecule has 1 nitrogen and oxygen atoms in total. The Morgan fingerprint density at radius 3 is 1.78 bits per heavy atom. The molecule has 0 atom stereocenters. The largest absolute Gasteiger partial charge is 0.432 e. The summed E-state index contributed by atoms with van der Waals surface area (Å²) in [7, 11) is 0. The maximum atomic E-state index is 14.4. The quantitative estimate of drug-likeness (QED) is 0.285. The summed E-state index contributed by atoms with van der Waals surface area (Å²) in [5.41, 5.74) is -1.43. The molecule has 3 rings (SSSR count). The van der Waals surface area contributed by atoms with E-state index < -0.39 is 46.5 Å². The Kier molecular flexibility index (Phi) is 7.72. The molecule has 176 valence electrons. The number of benzene rings is 2. The van der Waals surface area contributed by atoms with Gasteiger partial charge in [0, 0.05) is 12.1 Å². The van der Waals surface area contributed by atoms with E-state index in [0.717, 1.165) is 50.2 Å². The van der Waals surface area contributed by atoms with Crippen LogP contribution in [0.25, 0.3) is 0 Å². The van der Waals surface area contributed by atoms with Gasteiger partial charge in [-0.1, -0.05) is 45.4 Å². The molecule has 1 aliphatic carbocycles. The summed E-state index contributed by atoms with van der Waals surface area (Å²) >= 11 is 0. The van der Waals surface area contributed by atoms with Gasteiger partial charge in [0.25, 0.3) is 0 Å². The van der Waals surface area contributed by atoms with Gasteiger partial charge in [-0.15, -0.1) is 0 Å². The Bertz CT molecular complexity index is 890. The molecule has 1 fully saturated rings. The van der Waals surface area contributed by atoms with Crippen LogP contribution in [0.3, 0.4) is 0 Å². The van der Waals surface area contributed by atoms with E-state index in [1.54, 1.807) is 0 Å². The smallest absolute Gasteiger partial charge is 0.429 e. The zero-order valence-corrected chi connectivity index (χ0v) is 17.7. The highest BCUT2D eigenvalue weighted by atomic mass is 19.3. The molecule has 1 saturated carbocycles. The van der Waals surface area contributed by atoms with Gasteiger partial charge < -0.3 is 4.74 Å².